The molecule has 4 aromatic heterocycles. The van der Waals surface area contributed by atoms with E-state index < -0.39 is 51.9 Å². The van der Waals surface area contributed by atoms with E-state index in [9.17, 15) is 17.6 Å². The Bertz CT molecular complexity index is 1610. The quantitative estimate of drug-likeness (QED) is 0.357. The Labute approximate surface area is 217 Å². The zero-order valence-electron chi connectivity index (χ0n) is 20.8. The van der Waals surface area contributed by atoms with Gasteiger partial charge in [-0.2, -0.15) is 23.1 Å². The van der Waals surface area contributed by atoms with E-state index in [0.717, 1.165) is 19.2 Å². The molecule has 15 heteroatoms. The second-order valence-corrected chi connectivity index (χ2v) is 8.74. The van der Waals surface area contributed by atoms with Gasteiger partial charge in [0.05, 0.1) is 37.2 Å². The summed E-state index contributed by atoms with van der Waals surface area (Å²) in [6.45, 7) is 2.91. The maximum Gasteiger partial charge on any atom is 0.418 e. The first-order chi connectivity index (χ1) is 18.4. The third kappa shape index (κ3) is 4.42. The summed E-state index contributed by atoms with van der Waals surface area (Å²) in [5, 5.41) is -0.0170. The maximum atomic E-state index is 16.1. The lowest BCUT2D eigenvalue weighted by Gasteiger charge is -2.30. The van der Waals surface area contributed by atoms with Crippen LogP contribution in [0.3, 0.4) is 0 Å². The van der Waals surface area contributed by atoms with Gasteiger partial charge < -0.3 is 25.8 Å². The highest BCUT2D eigenvalue weighted by atomic mass is 19.4. The Hall–Kier alpha value is -4.56. The Balaban J connectivity index is 1.80. The molecule has 204 valence electrons. The van der Waals surface area contributed by atoms with Crippen molar-refractivity contribution < 1.29 is 31.4 Å². The summed E-state index contributed by atoms with van der Waals surface area (Å²) in [4.78, 5) is 21.8. The lowest BCUT2D eigenvalue weighted by Crippen LogP contribution is -2.31. The topological polar surface area (TPSA) is 138 Å². The van der Waals surface area contributed by atoms with Crippen LogP contribution in [0.4, 0.5) is 39.4 Å². The fraction of sp³-hybridized carbons (Fsp3) is 0.292. The number of pyridine rings is 3. The standard InChI is InChI=1S/C24H21F5N8O2/c1-9-16(24(27,28)29)13(7-14(30)33-9)18-17(26)19-15-21(36-23(35-19)38-3)37(4-5-39-22(15)34-18)10(2)12-6-11(25)8-32-20(12)31/h6-8,10H,4-5H2,1-3H3,(H2,30,33)(H2,31,32). The number of hydrogen-bond donors (Lipinski definition) is 2. The number of hydrogen-bond acceptors (Lipinski definition) is 10. The molecule has 1 atom stereocenters. The Morgan fingerprint density at radius 1 is 1.10 bits per heavy atom. The predicted octanol–water partition coefficient (Wildman–Crippen LogP) is 4.22. The Kier molecular flexibility index (Phi) is 6.23. The molecule has 10 nitrogen and oxygen atoms in total. The lowest BCUT2D eigenvalue weighted by molar-refractivity contribution is -0.137. The zero-order chi connectivity index (χ0) is 28.2. The number of aryl methyl sites for hydroxylation is 1. The van der Waals surface area contributed by atoms with E-state index in [1.165, 1.54) is 13.2 Å². The number of alkyl halides is 3. The highest BCUT2D eigenvalue weighted by Crippen LogP contribution is 2.45. The van der Waals surface area contributed by atoms with E-state index >= 15 is 4.39 Å². The number of methoxy groups -OCH3 is 1. The SMILES string of the molecule is COc1nc2c3c(nc(-c4cc(N)nc(C)c4C(F)(F)F)c(F)c3n1)OCCN2C(C)c1cc(F)cnc1N. The number of nitrogens with zero attached hydrogens (tertiary/aromatic N) is 6. The highest BCUT2D eigenvalue weighted by molar-refractivity contribution is 5.97. The van der Waals surface area contributed by atoms with E-state index in [-0.39, 0.29) is 47.9 Å². The van der Waals surface area contributed by atoms with Crippen molar-refractivity contribution in [2.45, 2.75) is 26.1 Å². The monoisotopic (exact) mass is 548 g/mol. The summed E-state index contributed by atoms with van der Waals surface area (Å²) in [6.07, 6.45) is -3.92. The van der Waals surface area contributed by atoms with Crippen molar-refractivity contribution >= 4 is 28.4 Å². The van der Waals surface area contributed by atoms with Crippen molar-refractivity contribution in [1.82, 2.24) is 24.9 Å². The van der Waals surface area contributed by atoms with Gasteiger partial charge in [-0.1, -0.05) is 0 Å². The van der Waals surface area contributed by atoms with Gasteiger partial charge in [-0.25, -0.2) is 23.7 Å². The largest absolute Gasteiger partial charge is 0.475 e. The molecule has 0 spiro atoms. The van der Waals surface area contributed by atoms with E-state index in [1.807, 2.05) is 0 Å². The molecule has 0 saturated heterocycles. The number of anilines is 3. The molecule has 5 heterocycles. The molecular weight excluding hydrogens is 527 g/mol. The van der Waals surface area contributed by atoms with Crippen LogP contribution < -0.4 is 25.8 Å². The molecule has 0 amide bonds. The van der Waals surface area contributed by atoms with E-state index in [0.29, 0.717) is 5.56 Å². The average molecular weight is 548 g/mol. The molecule has 0 fully saturated rings. The number of rotatable bonds is 4. The number of aromatic nitrogens is 5. The molecule has 39 heavy (non-hydrogen) atoms. The van der Waals surface area contributed by atoms with Crippen LogP contribution in [0, 0.1) is 18.6 Å². The molecule has 0 saturated carbocycles. The van der Waals surface area contributed by atoms with Crippen LogP contribution in [-0.4, -0.2) is 45.2 Å². The molecule has 4 N–H and O–H groups in total. The van der Waals surface area contributed by atoms with Crippen molar-refractivity contribution in [2.75, 3.05) is 36.6 Å². The summed E-state index contributed by atoms with van der Waals surface area (Å²) in [5.74, 6) is -2.11. The van der Waals surface area contributed by atoms with Gasteiger partial charge in [0.2, 0.25) is 5.88 Å². The zero-order valence-corrected chi connectivity index (χ0v) is 20.8. The molecule has 0 aromatic carbocycles. The van der Waals surface area contributed by atoms with Crippen LogP contribution in [0.1, 0.15) is 29.8 Å². The summed E-state index contributed by atoms with van der Waals surface area (Å²) in [5.41, 5.74) is 8.68. The van der Waals surface area contributed by atoms with Crippen LogP contribution in [0.15, 0.2) is 18.3 Å². The van der Waals surface area contributed by atoms with Gasteiger partial charge in [-0.05, 0) is 26.0 Å². The van der Waals surface area contributed by atoms with Crippen molar-refractivity contribution in [3.8, 4) is 23.1 Å². The second-order valence-electron chi connectivity index (χ2n) is 8.74. The maximum absolute atomic E-state index is 16.1. The van der Waals surface area contributed by atoms with Crippen molar-refractivity contribution in [3.63, 3.8) is 0 Å². The normalized spacial score (nSPS) is 14.2. The van der Waals surface area contributed by atoms with Gasteiger partial charge in [0.1, 0.15) is 46.5 Å². The van der Waals surface area contributed by atoms with Gasteiger partial charge in [-0.15, -0.1) is 0 Å². The number of nitrogens with two attached hydrogens (primary N) is 2. The fourth-order valence-corrected chi connectivity index (χ4v) is 4.62. The van der Waals surface area contributed by atoms with Crippen LogP contribution in [0.2, 0.25) is 0 Å². The Morgan fingerprint density at radius 2 is 1.85 bits per heavy atom. The molecule has 0 radical (unpaired) electrons. The first-order valence-corrected chi connectivity index (χ1v) is 11.5. The third-order valence-electron chi connectivity index (χ3n) is 6.33. The fourth-order valence-electron chi connectivity index (χ4n) is 4.62. The number of ether oxygens (including phenoxy) is 2. The predicted molar refractivity (Wildman–Crippen MR) is 131 cm³/mol. The summed E-state index contributed by atoms with van der Waals surface area (Å²) >= 11 is 0. The third-order valence-corrected chi connectivity index (χ3v) is 6.33. The van der Waals surface area contributed by atoms with Crippen molar-refractivity contribution in [2.24, 2.45) is 0 Å². The lowest BCUT2D eigenvalue weighted by atomic mass is 10.0. The summed E-state index contributed by atoms with van der Waals surface area (Å²) in [7, 11) is 1.25. The summed E-state index contributed by atoms with van der Waals surface area (Å²) < 4.78 is 83.2. The van der Waals surface area contributed by atoms with Gasteiger partial charge in [0.25, 0.3) is 0 Å². The first-order valence-electron chi connectivity index (χ1n) is 11.5. The van der Waals surface area contributed by atoms with Crippen LogP contribution in [0.25, 0.3) is 22.2 Å². The molecule has 0 aliphatic carbocycles. The number of nitrogen functional groups attached to an aromatic ring is 2. The number of halogens is 5. The van der Waals surface area contributed by atoms with Crippen LogP contribution >= 0.6 is 0 Å². The summed E-state index contributed by atoms with van der Waals surface area (Å²) in [6, 6.07) is 1.19. The smallest absolute Gasteiger partial charge is 0.418 e. The molecule has 1 aliphatic heterocycles. The van der Waals surface area contributed by atoms with E-state index in [4.69, 9.17) is 20.9 Å². The molecule has 4 aromatic rings. The minimum absolute atomic E-state index is 0.0170. The first kappa shape index (κ1) is 26.1. The van der Waals surface area contributed by atoms with Gasteiger partial charge >= 0.3 is 12.2 Å². The molecule has 5 rings (SSSR count). The van der Waals surface area contributed by atoms with E-state index in [1.54, 1.807) is 11.8 Å². The minimum Gasteiger partial charge on any atom is -0.475 e. The highest BCUT2D eigenvalue weighted by Gasteiger charge is 2.39. The van der Waals surface area contributed by atoms with Crippen molar-refractivity contribution in [3.05, 3.63) is 46.8 Å². The van der Waals surface area contributed by atoms with Gasteiger partial charge in [0.15, 0.2) is 5.82 Å². The average Bonchev–Trinajstić information content (AvgIpc) is 3.05. The van der Waals surface area contributed by atoms with Gasteiger partial charge in [-0.3, -0.25) is 0 Å². The van der Waals surface area contributed by atoms with Gasteiger partial charge in [0, 0.05) is 11.1 Å². The second kappa shape index (κ2) is 9.32. The molecule has 1 aliphatic rings. The van der Waals surface area contributed by atoms with Crippen molar-refractivity contribution in [1.29, 1.82) is 0 Å². The minimum atomic E-state index is -4.89. The van der Waals surface area contributed by atoms with Crippen LogP contribution in [-0.2, 0) is 6.18 Å². The molecule has 0 bridgehead atoms. The molecule has 1 unspecified atom stereocenters. The molecular formula is C24H21F5N8O2. The Morgan fingerprint density at radius 3 is 2.54 bits per heavy atom. The van der Waals surface area contributed by atoms with E-state index in [2.05, 4.69) is 24.9 Å². The van der Waals surface area contributed by atoms with Crippen LogP contribution in [0.5, 0.6) is 11.9 Å².